The number of aromatic amines is 1. The van der Waals surface area contributed by atoms with Crippen molar-refractivity contribution in [3.8, 4) is 0 Å². The molecule has 3 nitrogen and oxygen atoms in total. The molecule has 3 heterocycles. The van der Waals surface area contributed by atoms with Gasteiger partial charge in [0.25, 0.3) is 0 Å². The minimum Gasteiger partial charge on any atom is -0.367 e. The Morgan fingerprint density at radius 1 is 1.60 bits per heavy atom. The summed E-state index contributed by atoms with van der Waals surface area (Å²) in [6.07, 6.45) is 1.09. The first kappa shape index (κ1) is 9.12. The zero-order valence-corrected chi connectivity index (χ0v) is 9.30. The van der Waals surface area contributed by atoms with Gasteiger partial charge in [0.15, 0.2) is 0 Å². The second kappa shape index (κ2) is 3.47. The number of nitrogens with one attached hydrogen (secondary N) is 1. The monoisotopic (exact) mass is 220 g/mol. The third-order valence-electron chi connectivity index (χ3n) is 2.68. The number of aromatic nitrogens is 2. The van der Waals surface area contributed by atoms with Crippen molar-refractivity contribution >= 4 is 11.3 Å². The van der Waals surface area contributed by atoms with E-state index >= 15 is 0 Å². The number of rotatable bonds is 1. The molecule has 0 radical (unpaired) electrons. The number of hydrogen-bond acceptors (Lipinski definition) is 3. The van der Waals surface area contributed by atoms with Crippen molar-refractivity contribution in [2.24, 2.45) is 0 Å². The van der Waals surface area contributed by atoms with Gasteiger partial charge < -0.3 is 4.74 Å². The van der Waals surface area contributed by atoms with Crippen LogP contribution in [0.1, 0.15) is 27.9 Å². The minimum absolute atomic E-state index is 0.0567. The molecule has 0 saturated heterocycles. The number of H-pyrrole nitrogens is 1. The molecule has 15 heavy (non-hydrogen) atoms. The molecule has 1 unspecified atom stereocenters. The Kier molecular flexibility index (Phi) is 2.11. The molecule has 1 aliphatic rings. The molecule has 78 valence electrons. The summed E-state index contributed by atoms with van der Waals surface area (Å²) in [5.74, 6) is 0. The minimum atomic E-state index is 0.0567. The molecule has 4 heteroatoms. The predicted molar refractivity (Wildman–Crippen MR) is 59.1 cm³/mol. The van der Waals surface area contributed by atoms with Crippen molar-refractivity contribution in [1.29, 1.82) is 0 Å². The van der Waals surface area contributed by atoms with Gasteiger partial charge in [-0.05, 0) is 24.4 Å². The van der Waals surface area contributed by atoms with E-state index in [1.165, 1.54) is 10.4 Å². The van der Waals surface area contributed by atoms with Gasteiger partial charge in [-0.3, -0.25) is 5.10 Å². The average Bonchev–Trinajstić information content (AvgIpc) is 2.84. The summed E-state index contributed by atoms with van der Waals surface area (Å²) in [4.78, 5) is 1.44. The fourth-order valence-corrected chi connectivity index (χ4v) is 2.87. The first-order valence-electron chi connectivity index (χ1n) is 5.04. The van der Waals surface area contributed by atoms with Crippen LogP contribution >= 0.6 is 11.3 Å². The van der Waals surface area contributed by atoms with Crippen LogP contribution in [0, 0.1) is 6.92 Å². The van der Waals surface area contributed by atoms with Crippen LogP contribution in [-0.2, 0) is 11.2 Å². The van der Waals surface area contributed by atoms with Crippen molar-refractivity contribution in [2.75, 3.05) is 6.61 Å². The number of aryl methyl sites for hydroxylation is 1. The number of nitrogens with zero attached hydrogens (tertiary/aromatic N) is 1. The molecule has 0 aliphatic carbocycles. The van der Waals surface area contributed by atoms with E-state index in [2.05, 4.69) is 27.7 Å². The molecule has 0 bridgehead atoms. The topological polar surface area (TPSA) is 37.9 Å². The van der Waals surface area contributed by atoms with Gasteiger partial charge in [-0.2, -0.15) is 5.10 Å². The highest BCUT2D eigenvalue weighted by Gasteiger charge is 2.24. The van der Waals surface area contributed by atoms with E-state index in [9.17, 15) is 0 Å². The second-order valence-electron chi connectivity index (χ2n) is 3.76. The third kappa shape index (κ3) is 1.50. The van der Waals surface area contributed by atoms with Crippen LogP contribution in [0.25, 0.3) is 0 Å². The van der Waals surface area contributed by atoms with Crippen LogP contribution in [0.2, 0.25) is 0 Å². The molecule has 0 spiro atoms. The maximum atomic E-state index is 5.80. The Hall–Kier alpha value is -1.13. The SMILES string of the molecule is Cc1cc(C2OCCc3sccc32)[nH]n1. The predicted octanol–water partition coefficient (Wildman–Crippen LogP) is 2.44. The van der Waals surface area contributed by atoms with Gasteiger partial charge >= 0.3 is 0 Å². The van der Waals surface area contributed by atoms with Crippen LogP contribution in [0.4, 0.5) is 0 Å². The van der Waals surface area contributed by atoms with E-state index in [1.54, 1.807) is 0 Å². The molecular formula is C11H12N2OS. The van der Waals surface area contributed by atoms with Crippen LogP contribution in [0.15, 0.2) is 17.5 Å². The normalized spacial score (nSPS) is 20.2. The maximum absolute atomic E-state index is 5.80. The maximum Gasteiger partial charge on any atom is 0.125 e. The van der Waals surface area contributed by atoms with E-state index in [-0.39, 0.29) is 6.10 Å². The van der Waals surface area contributed by atoms with Crippen molar-refractivity contribution in [2.45, 2.75) is 19.4 Å². The van der Waals surface area contributed by atoms with Crippen LogP contribution < -0.4 is 0 Å². The second-order valence-corrected chi connectivity index (χ2v) is 4.77. The van der Waals surface area contributed by atoms with Crippen molar-refractivity contribution < 1.29 is 4.74 Å². The largest absolute Gasteiger partial charge is 0.367 e. The van der Waals surface area contributed by atoms with Gasteiger partial charge in [-0.15, -0.1) is 11.3 Å². The van der Waals surface area contributed by atoms with Crippen LogP contribution in [0.3, 0.4) is 0 Å². The Bertz CT molecular complexity index is 474. The lowest BCUT2D eigenvalue weighted by Crippen LogP contribution is -2.15. The van der Waals surface area contributed by atoms with E-state index in [1.807, 2.05) is 18.3 Å². The van der Waals surface area contributed by atoms with Crippen molar-refractivity contribution in [1.82, 2.24) is 10.2 Å². The molecule has 0 saturated carbocycles. The number of thiophene rings is 1. The van der Waals surface area contributed by atoms with Gasteiger partial charge in [-0.25, -0.2) is 0 Å². The Labute approximate surface area is 92.1 Å². The molecular weight excluding hydrogens is 208 g/mol. The molecule has 0 amide bonds. The Balaban J connectivity index is 2.02. The molecule has 1 N–H and O–H groups in total. The van der Waals surface area contributed by atoms with Gasteiger partial charge in [-0.1, -0.05) is 0 Å². The van der Waals surface area contributed by atoms with Crippen LogP contribution in [-0.4, -0.2) is 16.8 Å². The quantitative estimate of drug-likeness (QED) is 0.801. The molecule has 1 aliphatic heterocycles. The summed E-state index contributed by atoms with van der Waals surface area (Å²) in [5, 5.41) is 9.32. The smallest absolute Gasteiger partial charge is 0.125 e. The van der Waals surface area contributed by atoms with E-state index in [4.69, 9.17) is 4.74 Å². The highest BCUT2D eigenvalue weighted by molar-refractivity contribution is 7.10. The lowest BCUT2D eigenvalue weighted by atomic mass is 10.0. The van der Waals surface area contributed by atoms with Gasteiger partial charge in [0, 0.05) is 16.9 Å². The first-order valence-corrected chi connectivity index (χ1v) is 5.92. The average molecular weight is 220 g/mol. The highest BCUT2D eigenvalue weighted by atomic mass is 32.1. The van der Waals surface area contributed by atoms with E-state index in [0.29, 0.717) is 0 Å². The fourth-order valence-electron chi connectivity index (χ4n) is 1.98. The summed E-state index contributed by atoms with van der Waals surface area (Å²) in [7, 11) is 0. The summed E-state index contributed by atoms with van der Waals surface area (Å²) < 4.78 is 5.80. The number of hydrogen-bond donors (Lipinski definition) is 1. The standard InChI is InChI=1S/C11H12N2OS/c1-7-6-9(13-12-7)11-8-3-5-15-10(8)2-4-14-11/h3,5-6,11H,2,4H2,1H3,(H,12,13). The van der Waals surface area contributed by atoms with E-state index in [0.717, 1.165) is 24.4 Å². The molecule has 3 rings (SSSR count). The highest BCUT2D eigenvalue weighted by Crippen LogP contribution is 2.34. The summed E-state index contributed by atoms with van der Waals surface area (Å²) in [6.45, 7) is 2.79. The molecule has 0 aromatic carbocycles. The zero-order valence-electron chi connectivity index (χ0n) is 8.49. The number of fused-ring (bicyclic) bond motifs is 1. The Morgan fingerprint density at radius 2 is 2.53 bits per heavy atom. The lowest BCUT2D eigenvalue weighted by Gasteiger charge is -2.21. The van der Waals surface area contributed by atoms with E-state index < -0.39 is 0 Å². The van der Waals surface area contributed by atoms with Gasteiger partial charge in [0.05, 0.1) is 18.0 Å². The molecule has 2 aromatic rings. The number of ether oxygens (including phenoxy) is 1. The lowest BCUT2D eigenvalue weighted by molar-refractivity contribution is 0.0684. The van der Waals surface area contributed by atoms with Crippen LogP contribution in [0.5, 0.6) is 0 Å². The molecule has 1 atom stereocenters. The summed E-state index contributed by atoms with van der Waals surface area (Å²) in [6, 6.07) is 4.21. The molecule has 2 aromatic heterocycles. The summed E-state index contributed by atoms with van der Waals surface area (Å²) >= 11 is 1.82. The van der Waals surface area contributed by atoms with Crippen molar-refractivity contribution in [3.05, 3.63) is 39.3 Å². The zero-order chi connectivity index (χ0) is 10.3. The Morgan fingerprint density at radius 3 is 3.33 bits per heavy atom. The fraction of sp³-hybridized carbons (Fsp3) is 0.364. The van der Waals surface area contributed by atoms with Gasteiger partial charge in [0.1, 0.15) is 6.10 Å². The molecule has 0 fully saturated rings. The first-order chi connectivity index (χ1) is 7.34. The van der Waals surface area contributed by atoms with Crippen molar-refractivity contribution in [3.63, 3.8) is 0 Å². The summed E-state index contributed by atoms with van der Waals surface area (Å²) in [5.41, 5.74) is 3.37. The third-order valence-corrected chi connectivity index (χ3v) is 3.68. The van der Waals surface area contributed by atoms with Gasteiger partial charge in [0.2, 0.25) is 0 Å².